The highest BCUT2D eigenvalue weighted by Gasteiger charge is 2.40. The zero-order valence-corrected chi connectivity index (χ0v) is 15.9. The van der Waals surface area contributed by atoms with Crippen molar-refractivity contribution in [3.8, 4) is 5.75 Å². The van der Waals surface area contributed by atoms with Crippen LogP contribution in [0.15, 0.2) is 12.1 Å². The Balaban J connectivity index is 2.64. The van der Waals surface area contributed by atoms with E-state index in [4.69, 9.17) is 9.84 Å². The third-order valence-electron chi connectivity index (χ3n) is 4.18. The van der Waals surface area contributed by atoms with Crippen LogP contribution in [0, 0.1) is 0 Å². The van der Waals surface area contributed by atoms with E-state index in [1.54, 1.807) is 0 Å². The number of carbonyl (C=O) groups excluding carboxylic acids is 1. The van der Waals surface area contributed by atoms with E-state index < -0.39 is 56.8 Å². The van der Waals surface area contributed by atoms with Gasteiger partial charge in [-0.05, 0) is 37.8 Å². The van der Waals surface area contributed by atoms with Crippen molar-refractivity contribution in [1.82, 2.24) is 9.03 Å². The van der Waals surface area contributed by atoms with Gasteiger partial charge in [0.05, 0.1) is 22.8 Å². The van der Waals surface area contributed by atoms with E-state index in [-0.39, 0.29) is 6.07 Å². The van der Waals surface area contributed by atoms with Gasteiger partial charge in [-0.1, -0.05) is 0 Å². The van der Waals surface area contributed by atoms with E-state index in [0.29, 0.717) is 17.1 Å². The number of rotatable bonds is 6. The van der Waals surface area contributed by atoms with Crippen molar-refractivity contribution in [2.75, 3.05) is 14.1 Å². The Morgan fingerprint density at radius 1 is 1.21 bits per heavy atom. The number of halogens is 3. The van der Waals surface area contributed by atoms with Crippen LogP contribution in [-0.4, -0.2) is 49.9 Å². The number of amides is 1. The average Bonchev–Trinajstić information content (AvgIpc) is 3.05. The zero-order valence-electron chi connectivity index (χ0n) is 15.0. The number of carbonyl (C=O) groups is 2. The van der Waals surface area contributed by atoms with Gasteiger partial charge in [0.25, 0.3) is 5.91 Å². The molecular weight excluding hydrogens is 405 g/mol. The molecule has 1 saturated carbocycles. The molecule has 0 spiro atoms. The van der Waals surface area contributed by atoms with Gasteiger partial charge in [0, 0.05) is 14.1 Å². The number of nitrogens with zero attached hydrogens (tertiary/aromatic N) is 1. The molecule has 0 aromatic heterocycles. The maximum atomic E-state index is 13.5. The second kappa shape index (κ2) is 7.95. The number of hydrogen-bond donors (Lipinski definition) is 2. The maximum absolute atomic E-state index is 13.5. The molecule has 2 rings (SSSR count). The fourth-order valence-corrected chi connectivity index (χ4v) is 3.25. The first-order valence-electron chi connectivity index (χ1n) is 8.22. The molecule has 0 heterocycles. The van der Waals surface area contributed by atoms with Crippen molar-refractivity contribution in [3.05, 3.63) is 28.8 Å². The second-order valence-corrected chi connectivity index (χ2v) is 8.33. The van der Waals surface area contributed by atoms with Crippen molar-refractivity contribution in [3.63, 3.8) is 0 Å². The monoisotopic (exact) mass is 424 g/mol. The molecule has 1 fully saturated rings. The highest BCUT2D eigenvalue weighted by molar-refractivity contribution is 7.87. The molecule has 1 amide bonds. The number of benzene rings is 1. The van der Waals surface area contributed by atoms with Crippen LogP contribution < -0.4 is 9.46 Å². The summed E-state index contributed by atoms with van der Waals surface area (Å²) in [6.07, 6.45) is -3.03. The van der Waals surface area contributed by atoms with Gasteiger partial charge >= 0.3 is 22.4 Å². The lowest BCUT2D eigenvalue weighted by molar-refractivity contribution is -0.138. The Labute approximate surface area is 159 Å². The van der Waals surface area contributed by atoms with E-state index in [0.717, 1.165) is 33.0 Å². The molecule has 0 radical (unpaired) electrons. The standard InChI is InChI=1S/C16H19F3N2O6S/c1-21(2)28(25,26)20-14(22)13-11(16(17,18)19)7-9(15(23)24)8-12(13)27-10-5-3-4-6-10/h7-8,10H,3-6H2,1-2H3,(H,20,22)(H,23,24). The van der Waals surface area contributed by atoms with Crippen molar-refractivity contribution >= 4 is 22.1 Å². The molecule has 0 unspecified atom stereocenters. The number of carboxylic acid groups (broad SMARTS) is 1. The normalized spacial score (nSPS) is 15.6. The summed E-state index contributed by atoms with van der Waals surface area (Å²) in [6.45, 7) is 0. The van der Waals surface area contributed by atoms with Crippen molar-refractivity contribution in [1.29, 1.82) is 0 Å². The van der Waals surface area contributed by atoms with Crippen LogP contribution in [0.4, 0.5) is 13.2 Å². The number of aromatic carboxylic acids is 1. The number of carboxylic acids is 1. The van der Waals surface area contributed by atoms with Gasteiger partial charge in [0.15, 0.2) is 0 Å². The van der Waals surface area contributed by atoms with E-state index in [1.807, 2.05) is 0 Å². The Morgan fingerprint density at radius 3 is 2.25 bits per heavy atom. The topological polar surface area (TPSA) is 113 Å². The van der Waals surface area contributed by atoms with Crippen LogP contribution in [0.5, 0.6) is 5.75 Å². The Morgan fingerprint density at radius 2 is 1.79 bits per heavy atom. The summed E-state index contributed by atoms with van der Waals surface area (Å²) in [5.74, 6) is -3.83. The van der Waals surface area contributed by atoms with Crippen LogP contribution in [0.3, 0.4) is 0 Å². The van der Waals surface area contributed by atoms with Crippen molar-refractivity contribution < 1.29 is 41.0 Å². The van der Waals surface area contributed by atoms with Crippen LogP contribution in [-0.2, 0) is 16.4 Å². The van der Waals surface area contributed by atoms with Gasteiger partial charge in [0.1, 0.15) is 5.75 Å². The highest BCUT2D eigenvalue weighted by Crippen LogP contribution is 2.38. The van der Waals surface area contributed by atoms with Crippen LogP contribution >= 0.6 is 0 Å². The molecule has 28 heavy (non-hydrogen) atoms. The van der Waals surface area contributed by atoms with Gasteiger partial charge in [-0.25, -0.2) is 9.52 Å². The van der Waals surface area contributed by atoms with E-state index >= 15 is 0 Å². The molecule has 1 aromatic rings. The van der Waals surface area contributed by atoms with Gasteiger partial charge in [-0.3, -0.25) is 4.79 Å². The van der Waals surface area contributed by atoms with Gasteiger partial charge < -0.3 is 9.84 Å². The van der Waals surface area contributed by atoms with Crippen molar-refractivity contribution in [2.45, 2.75) is 38.0 Å². The zero-order chi connectivity index (χ0) is 21.3. The molecule has 0 atom stereocenters. The summed E-state index contributed by atoms with van der Waals surface area (Å²) in [7, 11) is -2.21. The number of alkyl halides is 3. The molecule has 0 bridgehead atoms. The minimum atomic E-state index is -5.12. The Kier molecular flexibility index (Phi) is 6.24. The van der Waals surface area contributed by atoms with Gasteiger partial charge in [-0.15, -0.1) is 0 Å². The molecule has 0 aliphatic heterocycles. The predicted molar refractivity (Wildman–Crippen MR) is 91.4 cm³/mol. The summed E-state index contributed by atoms with van der Waals surface area (Å²) in [5, 5.41) is 9.12. The van der Waals surface area contributed by atoms with Crippen LogP contribution in [0.1, 0.15) is 52.0 Å². The van der Waals surface area contributed by atoms with Gasteiger partial charge in [-0.2, -0.15) is 25.9 Å². The Bertz CT molecular complexity index is 877. The SMILES string of the molecule is CN(C)S(=O)(=O)NC(=O)c1c(OC2CCCC2)cc(C(=O)O)cc1C(F)(F)F. The third-order valence-corrected chi connectivity index (χ3v) is 5.58. The second-order valence-electron chi connectivity index (χ2n) is 6.44. The summed E-state index contributed by atoms with van der Waals surface area (Å²) < 4.78 is 72.1. The molecule has 12 heteroatoms. The molecule has 2 N–H and O–H groups in total. The molecule has 1 aromatic carbocycles. The molecule has 0 saturated heterocycles. The first-order chi connectivity index (χ1) is 12.8. The van der Waals surface area contributed by atoms with Crippen LogP contribution in [0.25, 0.3) is 0 Å². The predicted octanol–water partition coefficient (Wildman–Crippen LogP) is 2.26. The fraction of sp³-hybridized carbons (Fsp3) is 0.500. The maximum Gasteiger partial charge on any atom is 0.417 e. The molecule has 1 aliphatic carbocycles. The van der Waals surface area contributed by atoms with E-state index in [1.165, 1.54) is 4.72 Å². The lowest BCUT2D eigenvalue weighted by Gasteiger charge is -2.21. The molecule has 1 aliphatic rings. The number of nitrogens with one attached hydrogen (secondary N) is 1. The van der Waals surface area contributed by atoms with E-state index in [2.05, 4.69) is 0 Å². The van der Waals surface area contributed by atoms with Crippen LogP contribution in [0.2, 0.25) is 0 Å². The smallest absolute Gasteiger partial charge is 0.417 e. The highest BCUT2D eigenvalue weighted by atomic mass is 32.2. The first-order valence-corrected chi connectivity index (χ1v) is 9.66. The Hall–Kier alpha value is -2.34. The summed E-state index contributed by atoms with van der Waals surface area (Å²) in [4.78, 5) is 23.7. The van der Waals surface area contributed by atoms with E-state index in [9.17, 15) is 31.2 Å². The molecular formula is C16H19F3N2O6S. The fourth-order valence-electron chi connectivity index (χ4n) is 2.73. The molecule has 156 valence electrons. The lowest BCUT2D eigenvalue weighted by Crippen LogP contribution is -2.40. The third kappa shape index (κ3) is 4.93. The van der Waals surface area contributed by atoms with Crippen molar-refractivity contribution in [2.24, 2.45) is 0 Å². The minimum absolute atomic E-state index is 0.279. The largest absolute Gasteiger partial charge is 0.490 e. The number of hydrogen-bond acceptors (Lipinski definition) is 5. The minimum Gasteiger partial charge on any atom is -0.490 e. The first kappa shape index (κ1) is 22.0. The number of ether oxygens (including phenoxy) is 1. The molecule has 8 nitrogen and oxygen atoms in total. The van der Waals surface area contributed by atoms with Gasteiger partial charge in [0.2, 0.25) is 0 Å². The summed E-state index contributed by atoms with van der Waals surface area (Å²) >= 11 is 0. The quantitative estimate of drug-likeness (QED) is 0.724. The summed E-state index contributed by atoms with van der Waals surface area (Å²) in [5.41, 5.74) is -3.39. The average molecular weight is 424 g/mol. The summed E-state index contributed by atoms with van der Waals surface area (Å²) in [6, 6.07) is 1.08. The lowest BCUT2D eigenvalue weighted by atomic mass is 10.0.